The summed E-state index contributed by atoms with van der Waals surface area (Å²) >= 11 is 0. The Bertz CT molecular complexity index is 690. The molecule has 4 nitrogen and oxygen atoms in total. The third-order valence-electron chi connectivity index (χ3n) is 4.08. The van der Waals surface area contributed by atoms with Crippen molar-refractivity contribution in [3.8, 4) is 11.5 Å². The van der Waals surface area contributed by atoms with Gasteiger partial charge in [0.25, 0.3) is 0 Å². The Labute approximate surface area is 143 Å². The van der Waals surface area contributed by atoms with E-state index in [1.54, 1.807) is 6.07 Å². The minimum absolute atomic E-state index is 0.173. The molecule has 0 aliphatic carbocycles. The highest BCUT2D eigenvalue weighted by atomic mass is 16.5. The fourth-order valence-electron chi connectivity index (χ4n) is 2.60. The van der Waals surface area contributed by atoms with Gasteiger partial charge in [-0.1, -0.05) is 35.9 Å². The van der Waals surface area contributed by atoms with Gasteiger partial charge in [0.05, 0.1) is 14.2 Å². The second-order valence-corrected chi connectivity index (χ2v) is 5.87. The van der Waals surface area contributed by atoms with Gasteiger partial charge in [0.1, 0.15) is 0 Å². The summed E-state index contributed by atoms with van der Waals surface area (Å²) < 4.78 is 9.94. The smallest absolute Gasteiger partial charge is 0.305 e. The number of ether oxygens (including phenoxy) is 2. The molecule has 0 radical (unpaired) electrons. The van der Waals surface area contributed by atoms with E-state index in [4.69, 9.17) is 4.74 Å². The number of methoxy groups -OCH3 is 2. The molecule has 0 saturated heterocycles. The molecule has 0 aliphatic heterocycles. The van der Waals surface area contributed by atoms with E-state index in [9.17, 15) is 9.90 Å². The summed E-state index contributed by atoms with van der Waals surface area (Å²) in [4.78, 5) is 11.3. The lowest BCUT2D eigenvalue weighted by Gasteiger charge is -2.12. The zero-order valence-electron chi connectivity index (χ0n) is 14.5. The zero-order valence-corrected chi connectivity index (χ0v) is 14.5. The summed E-state index contributed by atoms with van der Waals surface area (Å²) in [5.41, 5.74) is 4.23. The Morgan fingerprint density at radius 2 is 1.71 bits per heavy atom. The lowest BCUT2D eigenvalue weighted by Crippen LogP contribution is -2.03. The standard InChI is InChI=1S/C20H24O4/c1-14-4-6-15(7-5-14)8-10-17-12-16(9-11-19(21)24-3)13-18(23-2)20(17)22/h4-7,12-13,22H,8-11H2,1-3H3. The van der Waals surface area contributed by atoms with Crippen LogP contribution in [0.1, 0.15) is 28.7 Å². The average molecular weight is 328 g/mol. The average Bonchev–Trinajstić information content (AvgIpc) is 2.60. The molecule has 0 saturated carbocycles. The number of rotatable bonds is 7. The molecule has 2 aromatic rings. The van der Waals surface area contributed by atoms with E-state index in [0.717, 1.165) is 17.5 Å². The van der Waals surface area contributed by atoms with E-state index in [0.29, 0.717) is 25.0 Å². The molecule has 24 heavy (non-hydrogen) atoms. The lowest BCUT2D eigenvalue weighted by molar-refractivity contribution is -0.140. The molecular formula is C20H24O4. The molecular weight excluding hydrogens is 304 g/mol. The van der Waals surface area contributed by atoms with Gasteiger partial charge >= 0.3 is 5.97 Å². The monoisotopic (exact) mass is 328 g/mol. The van der Waals surface area contributed by atoms with Crippen LogP contribution in [0.3, 0.4) is 0 Å². The Balaban J connectivity index is 2.14. The molecule has 0 spiro atoms. The van der Waals surface area contributed by atoms with Crippen molar-refractivity contribution in [1.82, 2.24) is 0 Å². The van der Waals surface area contributed by atoms with E-state index in [-0.39, 0.29) is 11.7 Å². The largest absolute Gasteiger partial charge is 0.504 e. The summed E-state index contributed by atoms with van der Waals surface area (Å²) in [5, 5.41) is 10.3. The first kappa shape index (κ1) is 17.9. The Kier molecular flexibility index (Phi) is 6.24. The Morgan fingerprint density at radius 1 is 1.00 bits per heavy atom. The van der Waals surface area contributed by atoms with Gasteiger partial charge in [-0.3, -0.25) is 4.79 Å². The second-order valence-electron chi connectivity index (χ2n) is 5.87. The van der Waals surface area contributed by atoms with Crippen LogP contribution < -0.4 is 4.74 Å². The van der Waals surface area contributed by atoms with Gasteiger partial charge in [0.2, 0.25) is 0 Å². The summed E-state index contributed by atoms with van der Waals surface area (Å²) in [5.74, 6) is 0.367. The molecule has 0 fully saturated rings. The maximum atomic E-state index is 11.3. The number of esters is 1. The van der Waals surface area contributed by atoms with Crippen molar-refractivity contribution in [1.29, 1.82) is 0 Å². The van der Waals surface area contributed by atoms with Crippen LogP contribution >= 0.6 is 0 Å². The fourth-order valence-corrected chi connectivity index (χ4v) is 2.60. The highest BCUT2D eigenvalue weighted by molar-refractivity contribution is 5.69. The number of carbonyl (C=O) groups is 1. The van der Waals surface area contributed by atoms with E-state index < -0.39 is 0 Å². The fraction of sp³-hybridized carbons (Fsp3) is 0.350. The van der Waals surface area contributed by atoms with Crippen molar-refractivity contribution in [2.75, 3.05) is 14.2 Å². The molecule has 4 heteroatoms. The summed E-state index contributed by atoms with van der Waals surface area (Å²) in [6.07, 6.45) is 2.40. The van der Waals surface area contributed by atoms with E-state index in [2.05, 4.69) is 35.9 Å². The molecule has 0 atom stereocenters. The summed E-state index contributed by atoms with van der Waals surface area (Å²) in [6.45, 7) is 2.06. The molecule has 0 amide bonds. The van der Waals surface area contributed by atoms with Crippen molar-refractivity contribution in [2.24, 2.45) is 0 Å². The third kappa shape index (κ3) is 4.75. The van der Waals surface area contributed by atoms with Gasteiger partial charge in [-0.15, -0.1) is 0 Å². The molecule has 128 valence electrons. The van der Waals surface area contributed by atoms with Gasteiger partial charge in [0.15, 0.2) is 11.5 Å². The van der Waals surface area contributed by atoms with Crippen molar-refractivity contribution in [3.05, 3.63) is 58.7 Å². The predicted octanol–water partition coefficient (Wildman–Crippen LogP) is 3.60. The topological polar surface area (TPSA) is 55.8 Å². The highest BCUT2D eigenvalue weighted by Crippen LogP contribution is 2.32. The van der Waals surface area contributed by atoms with Crippen molar-refractivity contribution in [2.45, 2.75) is 32.6 Å². The normalized spacial score (nSPS) is 10.5. The minimum atomic E-state index is -0.247. The van der Waals surface area contributed by atoms with E-state index in [1.165, 1.54) is 25.3 Å². The highest BCUT2D eigenvalue weighted by Gasteiger charge is 2.12. The number of hydrogen-bond donors (Lipinski definition) is 1. The number of phenolic OH excluding ortho intramolecular Hbond substituents is 1. The van der Waals surface area contributed by atoms with Crippen LogP contribution in [0.2, 0.25) is 0 Å². The second kappa shape index (κ2) is 8.39. The molecule has 0 bridgehead atoms. The lowest BCUT2D eigenvalue weighted by atomic mass is 9.99. The number of aryl methyl sites for hydroxylation is 4. The molecule has 0 unspecified atom stereocenters. The van der Waals surface area contributed by atoms with Gasteiger partial charge in [-0.25, -0.2) is 0 Å². The Morgan fingerprint density at radius 3 is 2.33 bits per heavy atom. The van der Waals surface area contributed by atoms with Crippen molar-refractivity contribution >= 4 is 5.97 Å². The maximum Gasteiger partial charge on any atom is 0.305 e. The molecule has 0 aromatic heterocycles. The first-order chi connectivity index (χ1) is 11.5. The number of benzene rings is 2. The van der Waals surface area contributed by atoms with Gasteiger partial charge < -0.3 is 14.6 Å². The first-order valence-electron chi connectivity index (χ1n) is 8.04. The number of phenols is 1. The zero-order chi connectivity index (χ0) is 17.5. The van der Waals surface area contributed by atoms with Crippen LogP contribution in [0, 0.1) is 6.92 Å². The third-order valence-corrected chi connectivity index (χ3v) is 4.08. The van der Waals surface area contributed by atoms with E-state index >= 15 is 0 Å². The van der Waals surface area contributed by atoms with Gasteiger partial charge in [-0.05, 0) is 48.9 Å². The predicted molar refractivity (Wildman–Crippen MR) is 93.6 cm³/mol. The number of hydrogen-bond acceptors (Lipinski definition) is 4. The molecule has 0 heterocycles. The molecule has 2 rings (SSSR count). The number of carbonyl (C=O) groups excluding carboxylic acids is 1. The summed E-state index contributed by atoms with van der Waals surface area (Å²) in [7, 11) is 2.91. The van der Waals surface area contributed by atoms with Gasteiger partial charge in [0, 0.05) is 6.42 Å². The first-order valence-corrected chi connectivity index (χ1v) is 8.04. The van der Waals surface area contributed by atoms with Crippen molar-refractivity contribution in [3.63, 3.8) is 0 Å². The van der Waals surface area contributed by atoms with Crippen molar-refractivity contribution < 1.29 is 19.4 Å². The van der Waals surface area contributed by atoms with Crippen LogP contribution in [0.25, 0.3) is 0 Å². The van der Waals surface area contributed by atoms with Crippen LogP contribution in [-0.2, 0) is 28.8 Å². The van der Waals surface area contributed by atoms with Crippen LogP contribution in [0.5, 0.6) is 11.5 Å². The molecule has 2 aromatic carbocycles. The molecule has 1 N–H and O–H groups in total. The van der Waals surface area contributed by atoms with Crippen LogP contribution in [0.15, 0.2) is 36.4 Å². The van der Waals surface area contributed by atoms with Gasteiger partial charge in [-0.2, -0.15) is 0 Å². The molecule has 0 aliphatic rings. The quantitative estimate of drug-likeness (QED) is 0.789. The van der Waals surface area contributed by atoms with Crippen LogP contribution in [-0.4, -0.2) is 25.3 Å². The van der Waals surface area contributed by atoms with E-state index in [1.807, 2.05) is 6.07 Å². The SMILES string of the molecule is COC(=O)CCc1cc(CCc2ccc(C)cc2)c(O)c(OC)c1. The Hall–Kier alpha value is -2.49. The number of aromatic hydroxyl groups is 1. The summed E-state index contributed by atoms with van der Waals surface area (Å²) in [6, 6.07) is 12.1. The minimum Gasteiger partial charge on any atom is -0.504 e. The maximum absolute atomic E-state index is 11.3. The van der Waals surface area contributed by atoms with Crippen LogP contribution in [0.4, 0.5) is 0 Å².